The van der Waals surface area contributed by atoms with Gasteiger partial charge in [0.2, 0.25) is 5.91 Å². The minimum atomic E-state index is -0.439. The molecular weight excluding hydrogens is 493 g/mol. The largest absolute Gasteiger partial charge is 0.341 e. The molecule has 206 valence electrons. The zero-order valence-corrected chi connectivity index (χ0v) is 23.1. The molecule has 0 radical (unpaired) electrons. The smallest absolute Gasteiger partial charge is 0.256 e. The zero-order chi connectivity index (χ0) is 27.3. The summed E-state index contributed by atoms with van der Waals surface area (Å²) < 4.78 is 16.3. The van der Waals surface area contributed by atoms with E-state index >= 15 is 0 Å². The number of carbonyl (C=O) groups excluding carboxylic acids is 2. The third-order valence-corrected chi connectivity index (χ3v) is 9.26. The third-order valence-electron chi connectivity index (χ3n) is 9.26. The quantitative estimate of drug-likeness (QED) is 0.506. The lowest BCUT2D eigenvalue weighted by Crippen LogP contribution is -2.59. The highest BCUT2D eigenvalue weighted by molar-refractivity contribution is 5.99. The number of rotatable bonds is 6. The molecule has 39 heavy (non-hydrogen) atoms. The third kappa shape index (κ3) is 4.84. The number of likely N-dealkylation sites (tertiary alicyclic amines) is 1. The highest BCUT2D eigenvalue weighted by Gasteiger charge is 2.42. The van der Waals surface area contributed by atoms with Gasteiger partial charge in [-0.2, -0.15) is 0 Å². The second-order valence-electron chi connectivity index (χ2n) is 12.0. The summed E-state index contributed by atoms with van der Waals surface area (Å²) in [5, 5.41) is 4.68. The standard InChI is InChI=1S/C31H38FN5O2/c1-19(2)35(3)30(38)26-15-23(32)6-9-27(26)37-18-22(25-10-12-33-16-28(25)37)14-20-11-13-36(17-20)31(39)29-21-4-7-24(34-29)8-5-21/h6,9-10,12,15-16,18-21,24,29,34H,4-5,7-8,11,13-14,17H2,1-3H3. The lowest BCUT2D eigenvalue weighted by Gasteiger charge is -2.43. The van der Waals surface area contributed by atoms with Crippen LogP contribution < -0.4 is 5.32 Å². The van der Waals surface area contributed by atoms with E-state index in [4.69, 9.17) is 0 Å². The second-order valence-corrected chi connectivity index (χ2v) is 12.0. The number of pyridine rings is 1. The first-order valence-corrected chi connectivity index (χ1v) is 14.4. The van der Waals surface area contributed by atoms with Gasteiger partial charge in [-0.1, -0.05) is 0 Å². The van der Waals surface area contributed by atoms with Gasteiger partial charge >= 0.3 is 0 Å². The fraction of sp³-hybridized carbons (Fsp3) is 0.516. The molecule has 2 aromatic heterocycles. The van der Waals surface area contributed by atoms with Crippen LogP contribution in [0.4, 0.5) is 4.39 Å². The SMILES string of the molecule is CC(C)N(C)C(=O)c1cc(F)ccc1-n1cc(CC2CCN(C(=O)C3NC4CCC3CC4)C2)c2ccncc21. The molecule has 7 rings (SSSR count). The van der Waals surface area contributed by atoms with Gasteiger partial charge in [0.15, 0.2) is 0 Å². The summed E-state index contributed by atoms with van der Waals surface area (Å²) in [4.78, 5) is 34.8. The topological polar surface area (TPSA) is 70.5 Å². The summed E-state index contributed by atoms with van der Waals surface area (Å²) in [6.45, 7) is 5.45. The number of nitrogens with one attached hydrogen (secondary N) is 1. The second kappa shape index (κ2) is 10.4. The number of amides is 2. The normalized spacial score (nSPS) is 24.6. The van der Waals surface area contributed by atoms with E-state index in [2.05, 4.69) is 21.4 Å². The molecule has 2 atom stereocenters. The van der Waals surface area contributed by atoms with Crippen LogP contribution in [0.1, 0.15) is 61.9 Å². The van der Waals surface area contributed by atoms with E-state index in [9.17, 15) is 14.0 Å². The fourth-order valence-electron chi connectivity index (χ4n) is 6.81. The van der Waals surface area contributed by atoms with E-state index in [1.165, 1.54) is 37.8 Å². The van der Waals surface area contributed by atoms with Gasteiger partial charge in [0.1, 0.15) is 5.82 Å². The number of hydrogen-bond acceptors (Lipinski definition) is 4. The Morgan fingerprint density at radius 3 is 2.67 bits per heavy atom. The number of carbonyl (C=O) groups is 2. The number of halogens is 1. The number of piperidine rings is 2. The van der Waals surface area contributed by atoms with Gasteiger partial charge < -0.3 is 19.7 Å². The van der Waals surface area contributed by atoms with Crippen molar-refractivity contribution in [1.82, 2.24) is 24.7 Å². The number of benzene rings is 1. The van der Waals surface area contributed by atoms with Crippen LogP contribution in [-0.4, -0.2) is 69.4 Å². The fourth-order valence-corrected chi connectivity index (χ4v) is 6.81. The molecular formula is C31H38FN5O2. The number of fused-ring (bicyclic) bond motifs is 4. The Morgan fingerprint density at radius 1 is 1.15 bits per heavy atom. The number of aromatic nitrogens is 2. The Balaban J connectivity index is 1.26. The van der Waals surface area contributed by atoms with Crippen molar-refractivity contribution in [3.05, 3.63) is 59.8 Å². The average molecular weight is 532 g/mol. The molecule has 2 unspecified atom stereocenters. The Bertz CT molecular complexity index is 1390. The molecule has 1 aromatic carbocycles. The molecule has 3 saturated heterocycles. The molecule has 5 heterocycles. The van der Waals surface area contributed by atoms with E-state index in [0.29, 0.717) is 29.1 Å². The van der Waals surface area contributed by atoms with Gasteiger partial charge in [-0.05, 0) is 94.0 Å². The van der Waals surface area contributed by atoms with Crippen molar-refractivity contribution in [2.75, 3.05) is 20.1 Å². The molecule has 2 bridgehead atoms. The lowest BCUT2D eigenvalue weighted by molar-refractivity contribution is -0.136. The first-order valence-electron chi connectivity index (χ1n) is 14.4. The van der Waals surface area contributed by atoms with Gasteiger partial charge in [0, 0.05) is 50.0 Å². The molecule has 0 spiro atoms. The monoisotopic (exact) mass is 531 g/mol. The molecule has 3 aromatic rings. The molecule has 2 amide bonds. The molecule has 8 heteroatoms. The minimum absolute atomic E-state index is 0.0114. The molecule has 1 aliphatic carbocycles. The Morgan fingerprint density at radius 2 is 1.95 bits per heavy atom. The van der Waals surface area contributed by atoms with Crippen LogP contribution >= 0.6 is 0 Å². The maximum Gasteiger partial charge on any atom is 0.256 e. The maximum atomic E-state index is 14.3. The van der Waals surface area contributed by atoms with Crippen LogP contribution in [0.15, 0.2) is 42.9 Å². The van der Waals surface area contributed by atoms with Crippen molar-refractivity contribution >= 4 is 22.7 Å². The van der Waals surface area contributed by atoms with Crippen LogP contribution in [0, 0.1) is 17.7 Å². The summed E-state index contributed by atoms with van der Waals surface area (Å²) in [5.74, 6) is 0.465. The van der Waals surface area contributed by atoms with Crippen LogP contribution in [0.5, 0.6) is 0 Å². The Labute approximate surface area is 229 Å². The summed E-state index contributed by atoms with van der Waals surface area (Å²) in [6, 6.07) is 6.88. The van der Waals surface area contributed by atoms with Crippen molar-refractivity contribution in [1.29, 1.82) is 0 Å². The molecule has 4 aliphatic rings. The van der Waals surface area contributed by atoms with E-state index in [0.717, 1.165) is 42.4 Å². The molecule has 1 saturated carbocycles. The Hall–Kier alpha value is -3.26. The van der Waals surface area contributed by atoms with Gasteiger partial charge in [-0.25, -0.2) is 4.39 Å². The highest BCUT2D eigenvalue weighted by Crippen LogP contribution is 2.35. The number of hydrogen-bond donors (Lipinski definition) is 1. The van der Waals surface area contributed by atoms with E-state index in [1.807, 2.05) is 24.5 Å². The van der Waals surface area contributed by atoms with E-state index in [-0.39, 0.29) is 23.9 Å². The number of nitrogens with zero attached hydrogens (tertiary/aromatic N) is 4. The van der Waals surface area contributed by atoms with Crippen LogP contribution in [0.3, 0.4) is 0 Å². The highest BCUT2D eigenvalue weighted by atomic mass is 19.1. The maximum absolute atomic E-state index is 14.3. The van der Waals surface area contributed by atoms with Gasteiger partial charge in [-0.15, -0.1) is 0 Å². The van der Waals surface area contributed by atoms with Gasteiger partial charge in [0.05, 0.1) is 29.0 Å². The van der Waals surface area contributed by atoms with Crippen molar-refractivity contribution < 1.29 is 14.0 Å². The average Bonchev–Trinajstić information content (AvgIpc) is 3.57. The summed E-state index contributed by atoms with van der Waals surface area (Å²) in [6.07, 6.45) is 12.2. The lowest BCUT2D eigenvalue weighted by atomic mass is 9.76. The van der Waals surface area contributed by atoms with Crippen LogP contribution in [-0.2, 0) is 11.2 Å². The predicted molar refractivity (Wildman–Crippen MR) is 149 cm³/mol. The van der Waals surface area contributed by atoms with Gasteiger partial charge in [0.25, 0.3) is 5.91 Å². The van der Waals surface area contributed by atoms with E-state index in [1.54, 1.807) is 30.4 Å². The summed E-state index contributed by atoms with van der Waals surface area (Å²) in [5.41, 5.74) is 3.00. The first kappa shape index (κ1) is 26.0. The Kier molecular flexibility index (Phi) is 6.91. The van der Waals surface area contributed by atoms with Crippen LogP contribution in [0.25, 0.3) is 16.6 Å². The van der Waals surface area contributed by atoms with Crippen molar-refractivity contribution in [3.63, 3.8) is 0 Å². The van der Waals surface area contributed by atoms with Crippen LogP contribution in [0.2, 0.25) is 0 Å². The molecule has 1 N–H and O–H groups in total. The molecule has 4 fully saturated rings. The zero-order valence-electron chi connectivity index (χ0n) is 23.1. The summed E-state index contributed by atoms with van der Waals surface area (Å²) >= 11 is 0. The molecule has 3 aliphatic heterocycles. The van der Waals surface area contributed by atoms with Crippen molar-refractivity contribution in [2.45, 2.75) is 70.5 Å². The summed E-state index contributed by atoms with van der Waals surface area (Å²) in [7, 11) is 1.74. The molecule has 7 nitrogen and oxygen atoms in total. The van der Waals surface area contributed by atoms with Gasteiger partial charge in [-0.3, -0.25) is 14.6 Å². The predicted octanol–water partition coefficient (Wildman–Crippen LogP) is 4.57. The van der Waals surface area contributed by atoms with Crippen molar-refractivity contribution in [3.8, 4) is 5.69 Å². The van der Waals surface area contributed by atoms with E-state index < -0.39 is 5.82 Å². The first-order chi connectivity index (χ1) is 18.8. The van der Waals surface area contributed by atoms with Crippen molar-refractivity contribution in [2.24, 2.45) is 11.8 Å². The minimum Gasteiger partial charge on any atom is -0.341 e.